The number of anilines is 1. The van der Waals surface area contributed by atoms with Gasteiger partial charge in [0, 0.05) is 22.4 Å². The highest BCUT2D eigenvalue weighted by Crippen LogP contribution is 2.25. The largest absolute Gasteiger partial charge is 0.350 e. The number of fused-ring (bicyclic) bond motifs is 3. The third-order valence-corrected chi connectivity index (χ3v) is 5.99. The van der Waals surface area contributed by atoms with Crippen LogP contribution in [0.15, 0.2) is 70.2 Å². The molecule has 0 atom stereocenters. The van der Waals surface area contributed by atoms with Gasteiger partial charge in [0.05, 0.1) is 11.4 Å². The Labute approximate surface area is 191 Å². The number of amides is 1. The van der Waals surface area contributed by atoms with Gasteiger partial charge in [-0.2, -0.15) is 5.10 Å². The van der Waals surface area contributed by atoms with Crippen LogP contribution in [0.3, 0.4) is 0 Å². The van der Waals surface area contributed by atoms with Crippen molar-refractivity contribution < 1.29 is 4.79 Å². The maximum Gasteiger partial charge on any atom is 0.350 e. The van der Waals surface area contributed by atoms with Gasteiger partial charge in [-0.05, 0) is 59.6 Å². The molecule has 1 amide bonds. The van der Waals surface area contributed by atoms with Crippen molar-refractivity contribution in [1.82, 2.24) is 23.8 Å². The van der Waals surface area contributed by atoms with Crippen molar-refractivity contribution in [3.05, 3.63) is 87.0 Å². The molecular formula is C23H19BrN6O2. The smallest absolute Gasteiger partial charge is 0.323 e. The first kappa shape index (κ1) is 20.2. The van der Waals surface area contributed by atoms with Crippen LogP contribution in [0.2, 0.25) is 0 Å². The molecule has 0 saturated heterocycles. The Morgan fingerprint density at radius 3 is 2.69 bits per heavy atom. The number of aromatic nitrogens is 5. The number of hydrogen-bond donors (Lipinski definition) is 1. The number of nitrogens with one attached hydrogen (secondary N) is 1. The van der Waals surface area contributed by atoms with Gasteiger partial charge >= 0.3 is 5.69 Å². The van der Waals surface area contributed by atoms with E-state index >= 15 is 0 Å². The molecule has 5 aromatic rings. The molecule has 3 aromatic heterocycles. The molecule has 0 aliphatic carbocycles. The van der Waals surface area contributed by atoms with Gasteiger partial charge in [0.1, 0.15) is 12.1 Å². The quantitative estimate of drug-likeness (QED) is 0.414. The molecule has 32 heavy (non-hydrogen) atoms. The van der Waals surface area contributed by atoms with Gasteiger partial charge in [0.25, 0.3) is 0 Å². The Balaban J connectivity index is 1.53. The van der Waals surface area contributed by atoms with E-state index in [0.717, 1.165) is 31.5 Å². The molecule has 0 bridgehead atoms. The van der Waals surface area contributed by atoms with E-state index in [-0.39, 0.29) is 18.1 Å². The van der Waals surface area contributed by atoms with Crippen LogP contribution in [0, 0.1) is 13.8 Å². The van der Waals surface area contributed by atoms with E-state index in [1.165, 1.54) is 4.40 Å². The van der Waals surface area contributed by atoms with E-state index in [1.54, 1.807) is 23.0 Å². The summed E-state index contributed by atoms with van der Waals surface area (Å²) in [5, 5.41) is 11.9. The molecule has 160 valence electrons. The molecular weight excluding hydrogens is 472 g/mol. The number of halogens is 1. The lowest BCUT2D eigenvalue weighted by molar-refractivity contribution is -0.117. The summed E-state index contributed by atoms with van der Waals surface area (Å²) in [6, 6.07) is 15.4. The number of carbonyl (C=O) groups is 1. The summed E-state index contributed by atoms with van der Waals surface area (Å²) >= 11 is 3.40. The van der Waals surface area contributed by atoms with Crippen molar-refractivity contribution in [2.75, 3.05) is 5.32 Å². The number of aryl methyl sites for hydroxylation is 2. The average molecular weight is 491 g/mol. The Hall–Kier alpha value is -3.72. The molecule has 0 unspecified atom stereocenters. The third kappa shape index (κ3) is 3.50. The summed E-state index contributed by atoms with van der Waals surface area (Å²) in [6.45, 7) is 3.88. The van der Waals surface area contributed by atoms with E-state index in [9.17, 15) is 9.59 Å². The van der Waals surface area contributed by atoms with Gasteiger partial charge in [-0.15, -0.1) is 5.10 Å². The van der Waals surface area contributed by atoms with Crippen molar-refractivity contribution >= 4 is 38.7 Å². The second kappa shape index (κ2) is 7.76. The van der Waals surface area contributed by atoms with Crippen LogP contribution in [-0.4, -0.2) is 29.7 Å². The number of para-hydroxylation sites is 1. The van der Waals surface area contributed by atoms with Gasteiger partial charge in [0.15, 0.2) is 5.65 Å². The summed E-state index contributed by atoms with van der Waals surface area (Å²) in [7, 11) is 0. The first-order valence-corrected chi connectivity index (χ1v) is 10.8. The standard InChI is InChI=1S/C23H19BrN6O2/c1-14-7-8-15(2)16(11-14)19-12-20-22-27-30(23(32)28(22)9-10-29(20)26-19)13-21(31)25-18-6-4-3-5-17(18)24/h3-12H,13H2,1-2H3,(H,25,31). The lowest BCUT2D eigenvalue weighted by Crippen LogP contribution is -2.28. The van der Waals surface area contributed by atoms with E-state index in [1.807, 2.05) is 38.1 Å². The van der Waals surface area contributed by atoms with E-state index in [2.05, 4.69) is 49.6 Å². The fourth-order valence-electron chi connectivity index (χ4n) is 3.67. The van der Waals surface area contributed by atoms with Crippen molar-refractivity contribution in [2.24, 2.45) is 0 Å². The second-order valence-electron chi connectivity index (χ2n) is 7.64. The van der Waals surface area contributed by atoms with Gasteiger partial charge in [-0.25, -0.2) is 18.4 Å². The van der Waals surface area contributed by atoms with Gasteiger partial charge in [-0.1, -0.05) is 29.8 Å². The van der Waals surface area contributed by atoms with Crippen LogP contribution in [-0.2, 0) is 11.3 Å². The highest BCUT2D eigenvalue weighted by Gasteiger charge is 2.16. The van der Waals surface area contributed by atoms with E-state index < -0.39 is 0 Å². The Bertz CT molecular complexity index is 1560. The first-order valence-electron chi connectivity index (χ1n) is 10.0. The molecule has 9 heteroatoms. The average Bonchev–Trinajstić information content (AvgIpc) is 3.33. The molecule has 0 radical (unpaired) electrons. The summed E-state index contributed by atoms with van der Waals surface area (Å²) < 4.78 is 5.04. The van der Waals surface area contributed by atoms with Crippen LogP contribution >= 0.6 is 15.9 Å². The maximum atomic E-state index is 12.8. The number of nitrogens with zero attached hydrogens (tertiary/aromatic N) is 5. The highest BCUT2D eigenvalue weighted by atomic mass is 79.9. The molecule has 5 rings (SSSR count). The number of rotatable bonds is 4. The number of carbonyl (C=O) groups excluding carboxylic acids is 1. The van der Waals surface area contributed by atoms with Gasteiger partial charge in [-0.3, -0.25) is 4.79 Å². The Morgan fingerprint density at radius 1 is 1.06 bits per heavy atom. The summed E-state index contributed by atoms with van der Waals surface area (Å²) in [4.78, 5) is 25.4. The van der Waals surface area contributed by atoms with Crippen LogP contribution in [0.4, 0.5) is 5.69 Å². The van der Waals surface area contributed by atoms with Crippen LogP contribution in [0.1, 0.15) is 11.1 Å². The van der Waals surface area contributed by atoms with Gasteiger partial charge in [0.2, 0.25) is 5.91 Å². The van der Waals surface area contributed by atoms with Crippen molar-refractivity contribution in [1.29, 1.82) is 0 Å². The number of hydrogen-bond acceptors (Lipinski definition) is 4. The predicted molar refractivity (Wildman–Crippen MR) is 126 cm³/mol. The summed E-state index contributed by atoms with van der Waals surface area (Å²) in [5.74, 6) is -0.344. The minimum absolute atomic E-state index is 0.202. The normalized spacial score (nSPS) is 11.3. The fraction of sp³-hybridized carbons (Fsp3) is 0.130. The number of benzene rings is 2. The Morgan fingerprint density at radius 2 is 1.88 bits per heavy atom. The third-order valence-electron chi connectivity index (χ3n) is 5.30. The first-order chi connectivity index (χ1) is 15.4. The lowest BCUT2D eigenvalue weighted by Gasteiger charge is -2.06. The minimum Gasteiger partial charge on any atom is -0.323 e. The molecule has 3 heterocycles. The molecule has 0 fully saturated rings. The Kier molecular flexibility index (Phi) is 4.90. The fourth-order valence-corrected chi connectivity index (χ4v) is 4.05. The summed E-state index contributed by atoms with van der Waals surface area (Å²) in [5.41, 5.74) is 5.45. The van der Waals surface area contributed by atoms with Crippen LogP contribution < -0.4 is 11.0 Å². The van der Waals surface area contributed by atoms with Crippen molar-refractivity contribution in [2.45, 2.75) is 20.4 Å². The zero-order valence-corrected chi connectivity index (χ0v) is 19.0. The molecule has 0 aliphatic heterocycles. The van der Waals surface area contributed by atoms with Crippen molar-refractivity contribution in [3.63, 3.8) is 0 Å². The highest BCUT2D eigenvalue weighted by molar-refractivity contribution is 9.10. The van der Waals surface area contributed by atoms with E-state index in [4.69, 9.17) is 0 Å². The van der Waals surface area contributed by atoms with Crippen LogP contribution in [0.5, 0.6) is 0 Å². The maximum absolute atomic E-state index is 12.8. The molecule has 8 nitrogen and oxygen atoms in total. The molecule has 2 aromatic carbocycles. The molecule has 1 N–H and O–H groups in total. The second-order valence-corrected chi connectivity index (χ2v) is 8.49. The van der Waals surface area contributed by atoms with Gasteiger partial charge < -0.3 is 5.32 Å². The van der Waals surface area contributed by atoms with Crippen LogP contribution in [0.25, 0.3) is 22.4 Å². The minimum atomic E-state index is -0.390. The topological polar surface area (TPSA) is 85.7 Å². The summed E-state index contributed by atoms with van der Waals surface area (Å²) in [6.07, 6.45) is 3.32. The molecule has 0 saturated carbocycles. The van der Waals surface area contributed by atoms with Crippen molar-refractivity contribution in [3.8, 4) is 11.3 Å². The zero-order valence-electron chi connectivity index (χ0n) is 17.4. The monoisotopic (exact) mass is 490 g/mol. The molecule has 0 spiro atoms. The zero-order chi connectivity index (χ0) is 22.4. The lowest BCUT2D eigenvalue weighted by atomic mass is 10.0. The predicted octanol–water partition coefficient (Wildman–Crippen LogP) is 3.83. The molecule has 0 aliphatic rings. The SMILES string of the molecule is Cc1ccc(C)c(-c2cc3c4nn(CC(=O)Nc5ccccc5Br)c(=O)n4ccn3n2)c1. The van der Waals surface area contributed by atoms with E-state index in [0.29, 0.717) is 16.9 Å².